The number of hydrogen-bond donors (Lipinski definition) is 1. The number of likely N-dealkylation sites (N-methyl/N-ethyl adjacent to an activating group) is 3. The van der Waals surface area contributed by atoms with Crippen LogP contribution in [0.1, 0.15) is 33.3 Å². The Bertz CT molecular complexity index is 665. The summed E-state index contributed by atoms with van der Waals surface area (Å²) in [5.41, 5.74) is 1.06. The average molecular weight is 418 g/mol. The van der Waals surface area contributed by atoms with Crippen molar-refractivity contribution < 1.29 is 4.79 Å². The van der Waals surface area contributed by atoms with Crippen molar-refractivity contribution in [2.75, 3.05) is 70.9 Å². The highest BCUT2D eigenvalue weighted by Crippen LogP contribution is 2.14. The predicted molar refractivity (Wildman–Crippen MR) is 124 cm³/mol. The molecule has 1 saturated heterocycles. The Hall–Kier alpha value is -2.35. The quantitative estimate of drug-likeness (QED) is 0.485. The minimum Gasteiger partial charge on any atom is -0.357 e. The van der Waals surface area contributed by atoms with Crippen LogP contribution in [0.15, 0.2) is 23.3 Å². The summed E-state index contributed by atoms with van der Waals surface area (Å²) in [6.07, 6.45) is 1.91. The summed E-state index contributed by atoms with van der Waals surface area (Å²) in [6, 6.07) is 4.19. The number of carbonyl (C=O) groups excluding carboxylic acids is 1. The van der Waals surface area contributed by atoms with Crippen LogP contribution in [0.3, 0.4) is 0 Å². The molecule has 1 aliphatic heterocycles. The van der Waals surface area contributed by atoms with Crippen molar-refractivity contribution in [2.45, 2.75) is 34.2 Å². The Balaban J connectivity index is 1.96. The van der Waals surface area contributed by atoms with Crippen LogP contribution in [0, 0.1) is 0 Å². The van der Waals surface area contributed by atoms with Crippen molar-refractivity contribution in [1.29, 1.82) is 0 Å². The van der Waals surface area contributed by atoms with Gasteiger partial charge in [-0.25, -0.2) is 9.98 Å². The minimum atomic E-state index is 0.113. The first-order valence-electron chi connectivity index (χ1n) is 11.2. The topological polar surface area (TPSA) is 67.3 Å². The van der Waals surface area contributed by atoms with E-state index in [1.165, 1.54) is 0 Å². The molecule has 1 aromatic rings. The van der Waals surface area contributed by atoms with Gasteiger partial charge < -0.3 is 24.9 Å². The molecule has 2 rings (SSSR count). The first kappa shape index (κ1) is 23.9. The number of amides is 1. The normalized spacial score (nSPS) is 15.2. The summed E-state index contributed by atoms with van der Waals surface area (Å²) in [5, 5.41) is 3.28. The van der Waals surface area contributed by atoms with Gasteiger partial charge in [0.2, 0.25) is 5.91 Å². The van der Waals surface area contributed by atoms with E-state index in [1.807, 2.05) is 43.8 Å². The lowest BCUT2D eigenvalue weighted by Crippen LogP contribution is -2.46. The van der Waals surface area contributed by atoms with Crippen molar-refractivity contribution in [2.24, 2.45) is 4.99 Å². The second-order valence-corrected chi connectivity index (χ2v) is 7.54. The van der Waals surface area contributed by atoms with Gasteiger partial charge in [-0.3, -0.25) is 4.79 Å². The second kappa shape index (κ2) is 12.4. The molecule has 1 amide bonds. The van der Waals surface area contributed by atoms with Crippen LogP contribution in [0.4, 0.5) is 5.82 Å². The van der Waals surface area contributed by atoms with E-state index in [0.29, 0.717) is 13.1 Å². The van der Waals surface area contributed by atoms with Crippen molar-refractivity contribution in [3.05, 3.63) is 23.9 Å². The monoisotopic (exact) mass is 417 g/mol. The average Bonchev–Trinajstić information content (AvgIpc) is 2.77. The fraction of sp³-hybridized carbons (Fsp3) is 0.682. The van der Waals surface area contributed by atoms with Crippen LogP contribution in [-0.2, 0) is 11.3 Å². The van der Waals surface area contributed by atoms with E-state index in [-0.39, 0.29) is 5.91 Å². The third-order valence-corrected chi connectivity index (χ3v) is 5.55. The summed E-state index contributed by atoms with van der Waals surface area (Å²) in [7, 11) is 1.90. The molecular formula is C22H39N7O. The standard InChI is InChI=1S/C22H39N7O/c1-6-23-22(26(5)18-21(30)28(8-3)9-4)25-17-19-10-11-20(24-16-19)29-14-12-27(7-2)13-15-29/h10-11,16H,6-9,12-15,17-18H2,1-5H3,(H,23,25). The summed E-state index contributed by atoms with van der Waals surface area (Å²) in [4.78, 5) is 30.3. The highest BCUT2D eigenvalue weighted by atomic mass is 16.2. The number of hydrogen-bond acceptors (Lipinski definition) is 5. The highest BCUT2D eigenvalue weighted by molar-refractivity contribution is 5.86. The van der Waals surface area contributed by atoms with Gasteiger partial charge in [-0.15, -0.1) is 0 Å². The third-order valence-electron chi connectivity index (χ3n) is 5.55. The van der Waals surface area contributed by atoms with Crippen LogP contribution in [-0.4, -0.2) is 97.5 Å². The third kappa shape index (κ3) is 6.86. The molecule has 168 valence electrons. The zero-order valence-corrected chi connectivity index (χ0v) is 19.4. The number of aliphatic imine (C=N–C) groups is 1. The fourth-order valence-corrected chi connectivity index (χ4v) is 3.58. The number of rotatable bonds is 9. The molecule has 2 heterocycles. The van der Waals surface area contributed by atoms with Gasteiger partial charge in [-0.05, 0) is 38.9 Å². The van der Waals surface area contributed by atoms with Crippen LogP contribution in [0.5, 0.6) is 0 Å². The lowest BCUT2D eigenvalue weighted by Gasteiger charge is -2.34. The number of nitrogens with zero attached hydrogens (tertiary/aromatic N) is 6. The number of aromatic nitrogens is 1. The molecule has 0 aliphatic carbocycles. The maximum absolute atomic E-state index is 12.4. The molecule has 1 aromatic heterocycles. The predicted octanol–water partition coefficient (Wildman–Crippen LogP) is 1.49. The molecule has 30 heavy (non-hydrogen) atoms. The van der Waals surface area contributed by atoms with Crippen molar-refractivity contribution in [3.63, 3.8) is 0 Å². The molecule has 1 fully saturated rings. The Morgan fingerprint density at radius 2 is 1.83 bits per heavy atom. The Morgan fingerprint density at radius 3 is 2.37 bits per heavy atom. The van der Waals surface area contributed by atoms with Crippen molar-refractivity contribution >= 4 is 17.7 Å². The molecule has 1 N–H and O–H groups in total. The molecule has 0 spiro atoms. The minimum absolute atomic E-state index is 0.113. The Morgan fingerprint density at radius 1 is 1.13 bits per heavy atom. The van der Waals surface area contributed by atoms with Gasteiger partial charge in [0.25, 0.3) is 0 Å². The summed E-state index contributed by atoms with van der Waals surface area (Å²) < 4.78 is 0. The zero-order chi connectivity index (χ0) is 21.9. The molecule has 0 saturated carbocycles. The number of pyridine rings is 1. The van der Waals surface area contributed by atoms with Gasteiger partial charge >= 0.3 is 0 Å². The zero-order valence-electron chi connectivity index (χ0n) is 19.4. The molecule has 0 aromatic carbocycles. The molecule has 0 unspecified atom stereocenters. The SMILES string of the molecule is CCNC(=NCc1ccc(N2CCN(CC)CC2)nc1)N(C)CC(=O)N(CC)CC. The van der Waals surface area contributed by atoms with Crippen LogP contribution >= 0.6 is 0 Å². The summed E-state index contributed by atoms with van der Waals surface area (Å²) >= 11 is 0. The van der Waals surface area contributed by atoms with Gasteiger partial charge in [0, 0.05) is 59.1 Å². The number of anilines is 1. The number of guanidine groups is 1. The van der Waals surface area contributed by atoms with Gasteiger partial charge in [0.1, 0.15) is 5.82 Å². The van der Waals surface area contributed by atoms with Crippen molar-refractivity contribution in [3.8, 4) is 0 Å². The van der Waals surface area contributed by atoms with E-state index in [2.05, 4.69) is 39.2 Å². The lowest BCUT2D eigenvalue weighted by molar-refractivity contribution is -0.131. The van der Waals surface area contributed by atoms with E-state index in [0.717, 1.165) is 69.7 Å². The number of carbonyl (C=O) groups is 1. The smallest absolute Gasteiger partial charge is 0.242 e. The molecule has 0 radical (unpaired) electrons. The molecule has 8 heteroatoms. The molecular weight excluding hydrogens is 378 g/mol. The van der Waals surface area contributed by atoms with Gasteiger partial charge in [-0.1, -0.05) is 13.0 Å². The number of piperazine rings is 1. The Kier molecular flexibility index (Phi) is 9.86. The van der Waals surface area contributed by atoms with E-state index < -0.39 is 0 Å². The summed E-state index contributed by atoms with van der Waals surface area (Å²) in [6.45, 7) is 16.6. The lowest BCUT2D eigenvalue weighted by atomic mass is 10.2. The first-order valence-corrected chi connectivity index (χ1v) is 11.2. The number of nitrogens with one attached hydrogen (secondary N) is 1. The highest BCUT2D eigenvalue weighted by Gasteiger charge is 2.17. The maximum atomic E-state index is 12.4. The summed E-state index contributed by atoms with van der Waals surface area (Å²) in [5.74, 6) is 1.88. The van der Waals surface area contributed by atoms with Crippen LogP contribution in [0.2, 0.25) is 0 Å². The second-order valence-electron chi connectivity index (χ2n) is 7.54. The van der Waals surface area contributed by atoms with Crippen LogP contribution in [0.25, 0.3) is 0 Å². The van der Waals surface area contributed by atoms with E-state index in [9.17, 15) is 4.79 Å². The van der Waals surface area contributed by atoms with Gasteiger partial charge in [0.15, 0.2) is 5.96 Å². The van der Waals surface area contributed by atoms with Crippen molar-refractivity contribution in [1.82, 2.24) is 25.0 Å². The van der Waals surface area contributed by atoms with Gasteiger partial charge in [0.05, 0.1) is 13.1 Å². The Labute approximate surface area is 181 Å². The van der Waals surface area contributed by atoms with E-state index in [1.54, 1.807) is 0 Å². The van der Waals surface area contributed by atoms with Gasteiger partial charge in [-0.2, -0.15) is 0 Å². The van der Waals surface area contributed by atoms with E-state index >= 15 is 0 Å². The van der Waals surface area contributed by atoms with Crippen LogP contribution < -0.4 is 10.2 Å². The first-order chi connectivity index (χ1) is 14.5. The molecule has 0 bridgehead atoms. The maximum Gasteiger partial charge on any atom is 0.242 e. The fourth-order valence-electron chi connectivity index (χ4n) is 3.58. The molecule has 1 aliphatic rings. The molecule has 8 nitrogen and oxygen atoms in total. The van der Waals surface area contributed by atoms with E-state index in [4.69, 9.17) is 4.99 Å². The molecule has 0 atom stereocenters. The largest absolute Gasteiger partial charge is 0.357 e.